The van der Waals surface area contributed by atoms with Crippen LogP contribution < -0.4 is 5.32 Å². The van der Waals surface area contributed by atoms with Crippen LogP contribution in [-0.4, -0.2) is 21.2 Å². The molecule has 1 saturated heterocycles. The van der Waals surface area contributed by atoms with E-state index >= 15 is 0 Å². The van der Waals surface area contributed by atoms with Gasteiger partial charge in [0.05, 0.1) is 17.8 Å². The van der Waals surface area contributed by atoms with Crippen molar-refractivity contribution in [2.75, 3.05) is 0 Å². The fraction of sp³-hybridized carbons (Fsp3) is 0.250. The van der Waals surface area contributed by atoms with Gasteiger partial charge in [-0.3, -0.25) is 19.3 Å². The van der Waals surface area contributed by atoms with E-state index in [1.165, 1.54) is 0 Å². The summed E-state index contributed by atoms with van der Waals surface area (Å²) in [4.78, 5) is 29.2. The monoisotopic (exact) mass is 261 g/mol. The summed E-state index contributed by atoms with van der Waals surface area (Å²) in [6, 6.07) is 0. The topological polar surface area (TPSA) is 63.5 Å². The number of amides is 2. The van der Waals surface area contributed by atoms with Crippen molar-refractivity contribution in [3.05, 3.63) is 28.0 Å². The molecule has 0 aliphatic carbocycles. The van der Waals surface area contributed by atoms with Gasteiger partial charge in [0.2, 0.25) is 5.91 Å². The molecule has 1 fully saturated rings. The van der Waals surface area contributed by atoms with E-state index < -0.39 is 0 Å². The first-order chi connectivity index (χ1) is 8.54. The third kappa shape index (κ3) is 1.65. The summed E-state index contributed by atoms with van der Waals surface area (Å²) >= 11 is 1.60. The van der Waals surface area contributed by atoms with Crippen molar-refractivity contribution >= 4 is 34.2 Å². The summed E-state index contributed by atoms with van der Waals surface area (Å²) in [5.41, 5.74) is 2.23. The number of fused-ring (bicyclic) bond motifs is 1. The molecule has 0 saturated carbocycles. The fourth-order valence-corrected chi connectivity index (χ4v) is 2.92. The van der Waals surface area contributed by atoms with Gasteiger partial charge in [0, 0.05) is 16.6 Å². The fourth-order valence-electron chi connectivity index (χ4n) is 2.04. The Morgan fingerprint density at radius 2 is 2.22 bits per heavy atom. The Morgan fingerprint density at radius 3 is 2.89 bits per heavy atom. The van der Waals surface area contributed by atoms with E-state index in [1.807, 2.05) is 24.4 Å². The highest BCUT2D eigenvalue weighted by Gasteiger charge is 2.24. The zero-order valence-electron chi connectivity index (χ0n) is 9.98. The molecule has 0 bridgehead atoms. The SMILES string of the molecule is Cc1cn2c(C=C3CC(=O)NC3=O)c(C)nc2s1. The molecule has 0 spiro atoms. The number of aromatic nitrogens is 2. The Bertz CT molecular complexity index is 708. The van der Waals surface area contributed by atoms with Gasteiger partial charge in [-0.1, -0.05) is 0 Å². The number of carbonyl (C=O) groups excluding carboxylic acids is 2. The average Bonchev–Trinajstić information content (AvgIpc) is 2.85. The Morgan fingerprint density at radius 1 is 1.44 bits per heavy atom. The molecule has 1 aliphatic heterocycles. The molecular weight excluding hydrogens is 250 g/mol. The molecule has 0 atom stereocenters. The lowest BCUT2D eigenvalue weighted by atomic mass is 10.1. The van der Waals surface area contributed by atoms with Crippen LogP contribution in [0.3, 0.4) is 0 Å². The summed E-state index contributed by atoms with van der Waals surface area (Å²) in [6.07, 6.45) is 3.89. The Balaban J connectivity index is 2.14. The van der Waals surface area contributed by atoms with Gasteiger partial charge in [-0.2, -0.15) is 0 Å². The van der Waals surface area contributed by atoms with Crippen molar-refractivity contribution in [3.8, 4) is 0 Å². The maximum Gasteiger partial charge on any atom is 0.254 e. The van der Waals surface area contributed by atoms with E-state index in [4.69, 9.17) is 0 Å². The van der Waals surface area contributed by atoms with Crippen molar-refractivity contribution in [3.63, 3.8) is 0 Å². The molecule has 3 heterocycles. The third-order valence-electron chi connectivity index (χ3n) is 2.87. The second kappa shape index (κ2) is 3.78. The van der Waals surface area contributed by atoms with Gasteiger partial charge in [0.1, 0.15) is 0 Å². The molecule has 2 amide bonds. The second-order valence-corrected chi connectivity index (χ2v) is 5.51. The Kier molecular flexibility index (Phi) is 2.34. The van der Waals surface area contributed by atoms with Crippen LogP contribution in [0.4, 0.5) is 0 Å². The highest BCUT2D eigenvalue weighted by Crippen LogP contribution is 2.23. The minimum absolute atomic E-state index is 0.147. The zero-order chi connectivity index (χ0) is 12.9. The van der Waals surface area contributed by atoms with Crippen LogP contribution in [0.25, 0.3) is 11.0 Å². The first-order valence-corrected chi connectivity index (χ1v) is 6.36. The molecule has 18 heavy (non-hydrogen) atoms. The lowest BCUT2D eigenvalue weighted by Crippen LogP contribution is -2.19. The van der Waals surface area contributed by atoms with Gasteiger partial charge in [0.15, 0.2) is 4.96 Å². The predicted molar refractivity (Wildman–Crippen MR) is 68.3 cm³/mol. The van der Waals surface area contributed by atoms with Crippen molar-refractivity contribution in [2.45, 2.75) is 20.3 Å². The highest BCUT2D eigenvalue weighted by atomic mass is 32.1. The second-order valence-electron chi connectivity index (χ2n) is 4.30. The normalized spacial score (nSPS) is 18.0. The van der Waals surface area contributed by atoms with E-state index in [0.717, 1.165) is 21.2 Å². The number of hydrogen-bond donors (Lipinski definition) is 1. The maximum atomic E-state index is 11.5. The quantitative estimate of drug-likeness (QED) is 0.624. The molecule has 2 aromatic rings. The smallest absolute Gasteiger partial charge is 0.254 e. The molecule has 1 N–H and O–H groups in total. The third-order valence-corrected chi connectivity index (χ3v) is 3.77. The summed E-state index contributed by atoms with van der Waals surface area (Å²) < 4.78 is 1.96. The number of imidazole rings is 1. The van der Waals surface area contributed by atoms with Crippen LogP contribution in [-0.2, 0) is 9.59 Å². The van der Waals surface area contributed by atoms with Crippen molar-refractivity contribution in [2.24, 2.45) is 0 Å². The van der Waals surface area contributed by atoms with E-state index in [2.05, 4.69) is 10.3 Å². The summed E-state index contributed by atoms with van der Waals surface area (Å²) in [5, 5.41) is 2.28. The number of imide groups is 1. The molecule has 0 unspecified atom stereocenters. The Hall–Kier alpha value is -1.95. The van der Waals surface area contributed by atoms with E-state index in [9.17, 15) is 9.59 Å². The highest BCUT2D eigenvalue weighted by molar-refractivity contribution is 7.17. The number of nitrogens with one attached hydrogen (secondary N) is 1. The maximum absolute atomic E-state index is 11.5. The van der Waals surface area contributed by atoms with E-state index in [1.54, 1.807) is 17.4 Å². The van der Waals surface area contributed by atoms with Crippen molar-refractivity contribution < 1.29 is 9.59 Å². The van der Waals surface area contributed by atoms with Gasteiger partial charge in [0.25, 0.3) is 5.91 Å². The molecule has 92 valence electrons. The largest absolute Gasteiger partial charge is 0.292 e. The van der Waals surface area contributed by atoms with Gasteiger partial charge < -0.3 is 0 Å². The van der Waals surface area contributed by atoms with Gasteiger partial charge in [-0.15, -0.1) is 11.3 Å². The zero-order valence-corrected chi connectivity index (χ0v) is 10.8. The lowest BCUT2D eigenvalue weighted by Gasteiger charge is -1.95. The molecule has 0 radical (unpaired) electrons. The average molecular weight is 261 g/mol. The number of aryl methyl sites for hydroxylation is 2. The van der Waals surface area contributed by atoms with Gasteiger partial charge >= 0.3 is 0 Å². The standard InChI is InChI=1S/C12H11N3O2S/c1-6-5-15-9(7(2)13-12(15)18-6)3-8-4-10(16)14-11(8)17/h3,5H,4H2,1-2H3,(H,14,16,17). The van der Waals surface area contributed by atoms with Crippen molar-refractivity contribution in [1.82, 2.24) is 14.7 Å². The number of rotatable bonds is 1. The summed E-state index contributed by atoms with van der Waals surface area (Å²) in [7, 11) is 0. The molecule has 2 aromatic heterocycles. The Labute approximate surface area is 107 Å². The number of thiazole rings is 1. The van der Waals surface area contributed by atoms with Gasteiger partial charge in [-0.05, 0) is 19.9 Å². The van der Waals surface area contributed by atoms with E-state index in [-0.39, 0.29) is 18.2 Å². The van der Waals surface area contributed by atoms with Crippen molar-refractivity contribution in [1.29, 1.82) is 0 Å². The predicted octanol–water partition coefficient (Wildman–Crippen LogP) is 1.44. The minimum atomic E-state index is -0.304. The van der Waals surface area contributed by atoms with Crippen LogP contribution in [0, 0.1) is 13.8 Å². The number of nitrogens with zero attached hydrogens (tertiary/aromatic N) is 2. The molecule has 3 rings (SSSR count). The first kappa shape index (κ1) is 11.2. The van der Waals surface area contributed by atoms with Crippen LogP contribution in [0.1, 0.15) is 22.7 Å². The molecule has 1 aliphatic rings. The van der Waals surface area contributed by atoms with Crippen LogP contribution in [0.2, 0.25) is 0 Å². The molecule has 0 aromatic carbocycles. The summed E-state index contributed by atoms with van der Waals surface area (Å²) in [6.45, 7) is 3.91. The molecule has 6 heteroatoms. The lowest BCUT2D eigenvalue weighted by molar-refractivity contribution is -0.124. The van der Waals surface area contributed by atoms with Crippen LogP contribution in [0.5, 0.6) is 0 Å². The van der Waals surface area contributed by atoms with E-state index in [0.29, 0.717) is 5.57 Å². The first-order valence-electron chi connectivity index (χ1n) is 5.54. The molecular formula is C12H11N3O2S. The number of carbonyl (C=O) groups is 2. The van der Waals surface area contributed by atoms with Crippen LogP contribution in [0.15, 0.2) is 11.8 Å². The van der Waals surface area contributed by atoms with Gasteiger partial charge in [-0.25, -0.2) is 4.98 Å². The molecule has 5 nitrogen and oxygen atoms in total. The number of hydrogen-bond acceptors (Lipinski definition) is 4. The van der Waals surface area contributed by atoms with Crippen LogP contribution >= 0.6 is 11.3 Å². The minimum Gasteiger partial charge on any atom is -0.292 e. The summed E-state index contributed by atoms with van der Waals surface area (Å²) in [5.74, 6) is -0.549.